The summed E-state index contributed by atoms with van der Waals surface area (Å²) in [6.45, 7) is 15.6. The molecule has 1 amide bonds. The minimum atomic E-state index is -0.621. The van der Waals surface area contributed by atoms with Crippen LogP contribution < -0.4 is 5.32 Å². The number of rotatable bonds is 13. The lowest BCUT2D eigenvalue weighted by Gasteiger charge is -2.23. The van der Waals surface area contributed by atoms with Gasteiger partial charge in [-0.1, -0.05) is 33.6 Å². The summed E-state index contributed by atoms with van der Waals surface area (Å²) >= 11 is 0. The second-order valence-electron chi connectivity index (χ2n) is 6.42. The Bertz CT molecular complexity index is 370. The van der Waals surface area contributed by atoms with E-state index in [1.807, 2.05) is 7.05 Å². The van der Waals surface area contributed by atoms with E-state index in [-0.39, 0.29) is 18.5 Å². The van der Waals surface area contributed by atoms with Crippen LogP contribution in [0.1, 0.15) is 52.9 Å². The Morgan fingerprint density at radius 3 is 2.28 bits per heavy atom. The topological polar surface area (TPSA) is 67.9 Å². The van der Waals surface area contributed by atoms with Gasteiger partial charge in [0.2, 0.25) is 0 Å². The highest BCUT2D eigenvalue weighted by Gasteiger charge is 2.20. The summed E-state index contributed by atoms with van der Waals surface area (Å²) in [7, 11) is 1.99. The lowest BCUT2D eigenvalue weighted by Crippen LogP contribution is -2.35. The van der Waals surface area contributed by atoms with Gasteiger partial charge in [-0.3, -0.25) is 4.79 Å². The average molecular weight is 357 g/mol. The van der Waals surface area contributed by atoms with E-state index in [4.69, 9.17) is 9.47 Å². The lowest BCUT2D eigenvalue weighted by molar-refractivity contribution is -0.146. The number of amides is 1. The van der Waals surface area contributed by atoms with Gasteiger partial charge in [0, 0.05) is 19.5 Å². The average Bonchev–Trinajstić information content (AvgIpc) is 2.56. The molecule has 1 unspecified atom stereocenters. The van der Waals surface area contributed by atoms with Crippen LogP contribution in [-0.4, -0.2) is 55.9 Å². The maximum Gasteiger partial charge on any atom is 0.407 e. The molecule has 6 nitrogen and oxygen atoms in total. The summed E-state index contributed by atoms with van der Waals surface area (Å²) in [5, 5.41) is 2.77. The first kappa shape index (κ1) is 23.7. The SMILES string of the molecule is [CH2]C([CH2])OC(=O)CCC(CC(CC)CC)OC(=O)NCCN(C)CC. The Kier molecular flexibility index (Phi) is 13.2. The van der Waals surface area contributed by atoms with Gasteiger partial charge in [-0.2, -0.15) is 0 Å². The van der Waals surface area contributed by atoms with E-state index in [1.54, 1.807) is 0 Å². The quantitative estimate of drug-likeness (QED) is 0.513. The van der Waals surface area contributed by atoms with Crippen molar-refractivity contribution in [3.8, 4) is 0 Å². The van der Waals surface area contributed by atoms with E-state index < -0.39 is 12.2 Å². The van der Waals surface area contributed by atoms with Crippen LogP contribution in [0.5, 0.6) is 0 Å². The molecule has 0 spiro atoms. The van der Waals surface area contributed by atoms with Gasteiger partial charge < -0.3 is 19.7 Å². The summed E-state index contributed by atoms with van der Waals surface area (Å²) in [4.78, 5) is 25.8. The van der Waals surface area contributed by atoms with Crippen LogP contribution >= 0.6 is 0 Å². The summed E-state index contributed by atoms with van der Waals surface area (Å²) in [5.41, 5.74) is 0. The first-order valence-corrected chi connectivity index (χ1v) is 9.30. The molecule has 0 aliphatic rings. The molecule has 0 saturated heterocycles. The molecule has 2 radical (unpaired) electrons. The third kappa shape index (κ3) is 12.7. The van der Waals surface area contributed by atoms with Gasteiger partial charge in [0.25, 0.3) is 0 Å². The zero-order valence-corrected chi connectivity index (χ0v) is 16.4. The third-order valence-electron chi connectivity index (χ3n) is 4.30. The number of carbonyl (C=O) groups excluding carboxylic acids is 2. The van der Waals surface area contributed by atoms with E-state index in [1.165, 1.54) is 0 Å². The fourth-order valence-corrected chi connectivity index (χ4v) is 2.44. The number of hydrogen-bond donors (Lipinski definition) is 1. The predicted molar refractivity (Wildman–Crippen MR) is 100.0 cm³/mol. The molecule has 1 atom stereocenters. The second kappa shape index (κ2) is 13.9. The van der Waals surface area contributed by atoms with E-state index in [0.29, 0.717) is 18.9 Å². The molecular weight excluding hydrogens is 320 g/mol. The Hall–Kier alpha value is -1.30. The molecule has 0 aromatic heterocycles. The normalized spacial score (nSPS) is 12.5. The zero-order chi connectivity index (χ0) is 19.2. The van der Waals surface area contributed by atoms with Gasteiger partial charge in [-0.25, -0.2) is 4.79 Å². The molecule has 0 aromatic rings. The molecule has 146 valence electrons. The van der Waals surface area contributed by atoms with Crippen LogP contribution in [0.25, 0.3) is 0 Å². The fraction of sp³-hybridized carbons (Fsp3) is 0.789. The summed E-state index contributed by atoms with van der Waals surface area (Å²) in [6.07, 6.45) is 2.08. The number of hydrogen-bond acceptors (Lipinski definition) is 5. The summed E-state index contributed by atoms with van der Waals surface area (Å²) < 4.78 is 10.5. The number of ether oxygens (including phenoxy) is 2. The van der Waals surface area contributed by atoms with Crippen molar-refractivity contribution in [2.45, 2.75) is 65.1 Å². The van der Waals surface area contributed by atoms with Crippen LogP contribution in [0.4, 0.5) is 4.79 Å². The molecule has 0 fully saturated rings. The van der Waals surface area contributed by atoms with Gasteiger partial charge in [0.1, 0.15) is 12.2 Å². The molecule has 0 bridgehead atoms. The van der Waals surface area contributed by atoms with E-state index >= 15 is 0 Å². The molecule has 0 saturated carbocycles. The van der Waals surface area contributed by atoms with Crippen molar-refractivity contribution >= 4 is 12.1 Å². The second-order valence-corrected chi connectivity index (χ2v) is 6.42. The summed E-state index contributed by atoms with van der Waals surface area (Å²) in [6, 6.07) is 0. The highest BCUT2D eigenvalue weighted by atomic mass is 16.6. The smallest absolute Gasteiger partial charge is 0.407 e. The predicted octanol–water partition coefficient (Wildman–Crippen LogP) is 3.22. The first-order valence-electron chi connectivity index (χ1n) is 9.30. The van der Waals surface area contributed by atoms with Crippen LogP contribution in [0.15, 0.2) is 0 Å². The van der Waals surface area contributed by atoms with E-state index in [0.717, 1.165) is 32.4 Å². The third-order valence-corrected chi connectivity index (χ3v) is 4.30. The van der Waals surface area contributed by atoms with Crippen molar-refractivity contribution in [2.24, 2.45) is 5.92 Å². The molecule has 1 N–H and O–H groups in total. The summed E-state index contributed by atoms with van der Waals surface area (Å²) in [5.74, 6) is 0.103. The Balaban J connectivity index is 4.46. The molecular formula is C19H36N2O4. The molecule has 0 heterocycles. The minimum Gasteiger partial charge on any atom is -0.462 e. The van der Waals surface area contributed by atoms with Gasteiger partial charge in [0.05, 0.1) is 0 Å². The number of esters is 1. The maximum atomic E-state index is 12.0. The van der Waals surface area contributed by atoms with Crippen LogP contribution in [0.2, 0.25) is 0 Å². The molecule has 0 aromatic carbocycles. The molecule has 0 aliphatic carbocycles. The van der Waals surface area contributed by atoms with Crippen molar-refractivity contribution in [2.75, 3.05) is 26.7 Å². The highest BCUT2D eigenvalue weighted by molar-refractivity contribution is 5.70. The lowest BCUT2D eigenvalue weighted by atomic mass is 9.94. The Morgan fingerprint density at radius 2 is 1.76 bits per heavy atom. The largest absolute Gasteiger partial charge is 0.462 e. The number of likely N-dealkylation sites (N-methyl/N-ethyl adjacent to an activating group) is 1. The van der Waals surface area contributed by atoms with Crippen molar-refractivity contribution in [1.29, 1.82) is 0 Å². The maximum absolute atomic E-state index is 12.0. The molecule has 0 rings (SSSR count). The minimum absolute atomic E-state index is 0.193. The molecule has 25 heavy (non-hydrogen) atoms. The van der Waals surface area contributed by atoms with Crippen LogP contribution in [0, 0.1) is 19.8 Å². The number of nitrogens with zero attached hydrogens (tertiary/aromatic N) is 1. The van der Waals surface area contributed by atoms with Crippen molar-refractivity contribution in [3.63, 3.8) is 0 Å². The Labute approximate surface area is 153 Å². The first-order chi connectivity index (χ1) is 11.8. The van der Waals surface area contributed by atoms with E-state index in [9.17, 15) is 9.59 Å². The zero-order valence-electron chi connectivity index (χ0n) is 16.4. The molecule has 0 aliphatic heterocycles. The van der Waals surface area contributed by atoms with Gasteiger partial charge in [-0.05, 0) is 46.2 Å². The van der Waals surface area contributed by atoms with Gasteiger partial charge in [-0.15, -0.1) is 0 Å². The Morgan fingerprint density at radius 1 is 1.12 bits per heavy atom. The van der Waals surface area contributed by atoms with E-state index in [2.05, 4.69) is 44.8 Å². The highest BCUT2D eigenvalue weighted by Crippen LogP contribution is 2.20. The number of alkyl carbamates (subject to hydrolysis) is 1. The van der Waals surface area contributed by atoms with Crippen molar-refractivity contribution in [3.05, 3.63) is 13.8 Å². The van der Waals surface area contributed by atoms with Crippen LogP contribution in [-0.2, 0) is 14.3 Å². The number of nitrogens with one attached hydrogen (secondary N) is 1. The van der Waals surface area contributed by atoms with Crippen LogP contribution in [0.3, 0.4) is 0 Å². The van der Waals surface area contributed by atoms with Gasteiger partial charge >= 0.3 is 12.1 Å². The monoisotopic (exact) mass is 356 g/mol. The number of carbonyl (C=O) groups is 2. The fourth-order valence-electron chi connectivity index (χ4n) is 2.44. The standard InChI is InChI=1S/C19H36N2O4/c1-7-16(8-2)14-17(10-11-18(22)24-15(4)5)25-19(23)20-12-13-21(6)9-3/h15-17H,4-5,7-14H2,1-3,6H3,(H,20,23). The van der Waals surface area contributed by atoms with Crippen molar-refractivity contribution in [1.82, 2.24) is 10.2 Å². The van der Waals surface area contributed by atoms with Crippen molar-refractivity contribution < 1.29 is 19.1 Å². The molecule has 6 heteroatoms. The van der Waals surface area contributed by atoms with Gasteiger partial charge in [0.15, 0.2) is 0 Å².